The second-order valence-corrected chi connectivity index (χ2v) is 4.86. The molecule has 3 rings (SSSR count). The number of nitrogen functional groups attached to an aromatic ring is 1. The smallest absolute Gasteiger partial charge is 0.278 e. The fourth-order valence-corrected chi connectivity index (χ4v) is 2.20. The molecule has 22 heavy (non-hydrogen) atoms. The third kappa shape index (κ3) is 2.77. The molecule has 6 nitrogen and oxygen atoms in total. The highest BCUT2D eigenvalue weighted by atomic mass is 35.5. The number of benzene rings is 1. The number of anilines is 2. The molecule has 3 aromatic rings. The van der Waals surface area contributed by atoms with E-state index in [1.54, 1.807) is 18.2 Å². The summed E-state index contributed by atoms with van der Waals surface area (Å²) in [5.74, 6) is 0.165. The summed E-state index contributed by atoms with van der Waals surface area (Å²) < 4.78 is 4.62. The zero-order valence-electron chi connectivity index (χ0n) is 11.3. The van der Waals surface area contributed by atoms with Crippen molar-refractivity contribution in [3.8, 4) is 11.1 Å². The number of hydrogen-bond donors (Lipinski definition) is 2. The molecule has 0 aliphatic rings. The third-order valence-corrected chi connectivity index (χ3v) is 3.33. The Labute approximate surface area is 130 Å². The molecule has 0 spiro atoms. The largest absolute Gasteiger partial charge is 0.383 e. The second kappa shape index (κ2) is 5.87. The van der Waals surface area contributed by atoms with E-state index in [-0.39, 0.29) is 11.5 Å². The van der Waals surface area contributed by atoms with Crippen molar-refractivity contribution >= 4 is 29.1 Å². The van der Waals surface area contributed by atoms with E-state index >= 15 is 0 Å². The van der Waals surface area contributed by atoms with Crippen LogP contribution in [0.4, 0.5) is 11.6 Å². The molecule has 0 saturated heterocycles. The van der Waals surface area contributed by atoms with E-state index in [9.17, 15) is 4.79 Å². The number of amides is 1. The van der Waals surface area contributed by atoms with Gasteiger partial charge >= 0.3 is 0 Å². The maximum atomic E-state index is 11.9. The van der Waals surface area contributed by atoms with Crippen LogP contribution in [0, 0.1) is 0 Å². The Balaban J connectivity index is 1.87. The number of halogens is 1. The van der Waals surface area contributed by atoms with Gasteiger partial charge in [0.15, 0.2) is 5.69 Å². The highest BCUT2D eigenvalue weighted by Crippen LogP contribution is 2.31. The first-order valence-electron chi connectivity index (χ1n) is 6.38. The van der Waals surface area contributed by atoms with Gasteiger partial charge in [-0.15, -0.1) is 0 Å². The van der Waals surface area contributed by atoms with Crippen LogP contribution >= 0.6 is 11.6 Å². The van der Waals surface area contributed by atoms with Crippen molar-refractivity contribution in [2.24, 2.45) is 0 Å². The quantitative estimate of drug-likeness (QED) is 0.774. The summed E-state index contributed by atoms with van der Waals surface area (Å²) in [6.45, 7) is 0. The molecule has 7 heteroatoms. The fourth-order valence-electron chi connectivity index (χ4n) is 1.96. The molecule has 110 valence electrons. The summed E-state index contributed by atoms with van der Waals surface area (Å²) in [6.07, 6.45) is 1.32. The van der Waals surface area contributed by atoms with Crippen LogP contribution in [-0.4, -0.2) is 16.0 Å². The Kier molecular flexibility index (Phi) is 3.76. The summed E-state index contributed by atoms with van der Waals surface area (Å²) in [5, 5.41) is 6.72. The summed E-state index contributed by atoms with van der Waals surface area (Å²) in [4.78, 5) is 16.0. The minimum absolute atomic E-state index is 0.163. The summed E-state index contributed by atoms with van der Waals surface area (Å²) in [6, 6.07) is 12.2. The molecule has 0 fully saturated rings. The van der Waals surface area contributed by atoms with Crippen molar-refractivity contribution in [1.82, 2.24) is 10.1 Å². The molecule has 0 bridgehead atoms. The second-order valence-electron chi connectivity index (χ2n) is 4.45. The predicted octanol–water partition coefficient (Wildman–Crippen LogP) is 3.22. The Morgan fingerprint density at radius 2 is 1.95 bits per heavy atom. The number of nitrogens with two attached hydrogens (primary N) is 1. The van der Waals surface area contributed by atoms with Crippen LogP contribution in [0.15, 0.2) is 53.3 Å². The van der Waals surface area contributed by atoms with Gasteiger partial charge in [-0.3, -0.25) is 4.79 Å². The van der Waals surface area contributed by atoms with Crippen LogP contribution in [0.2, 0.25) is 5.02 Å². The van der Waals surface area contributed by atoms with Crippen LogP contribution in [0.1, 0.15) is 10.5 Å². The van der Waals surface area contributed by atoms with Crippen LogP contribution in [0.25, 0.3) is 11.1 Å². The molecule has 0 saturated carbocycles. The number of carbonyl (C=O) groups is 1. The van der Waals surface area contributed by atoms with Gasteiger partial charge in [-0.05, 0) is 18.2 Å². The average Bonchev–Trinajstić information content (AvgIpc) is 3.03. The molecule has 3 N–H and O–H groups in total. The average molecular weight is 315 g/mol. The Hall–Kier alpha value is -2.86. The van der Waals surface area contributed by atoms with Crippen molar-refractivity contribution in [3.05, 3.63) is 59.4 Å². The fraction of sp³-hybridized carbons (Fsp3) is 0. The molecular weight excluding hydrogens is 304 g/mol. The number of nitrogens with zero attached hydrogens (tertiary/aromatic N) is 2. The van der Waals surface area contributed by atoms with Gasteiger partial charge in [0, 0.05) is 22.2 Å². The van der Waals surface area contributed by atoms with Crippen LogP contribution in [0.5, 0.6) is 0 Å². The van der Waals surface area contributed by atoms with Crippen molar-refractivity contribution in [3.63, 3.8) is 0 Å². The molecule has 0 unspecified atom stereocenters. The molecule has 2 heterocycles. The molecule has 0 radical (unpaired) electrons. The number of nitrogens with one attached hydrogen (secondary N) is 1. The molecular formula is C15H11ClN4O2. The highest BCUT2D eigenvalue weighted by Gasteiger charge is 2.12. The maximum Gasteiger partial charge on any atom is 0.278 e. The van der Waals surface area contributed by atoms with E-state index in [0.29, 0.717) is 16.4 Å². The van der Waals surface area contributed by atoms with Gasteiger partial charge in [0.2, 0.25) is 0 Å². The van der Waals surface area contributed by atoms with Crippen LogP contribution in [-0.2, 0) is 0 Å². The maximum absolute atomic E-state index is 11.9. The number of pyridine rings is 1. The Morgan fingerprint density at radius 1 is 1.14 bits per heavy atom. The van der Waals surface area contributed by atoms with E-state index in [4.69, 9.17) is 17.3 Å². The minimum atomic E-state index is -0.425. The Bertz CT molecular complexity index is 818. The zero-order chi connectivity index (χ0) is 15.5. The highest BCUT2D eigenvalue weighted by molar-refractivity contribution is 6.33. The summed E-state index contributed by atoms with van der Waals surface area (Å²) >= 11 is 6.15. The zero-order valence-corrected chi connectivity index (χ0v) is 12.0. The van der Waals surface area contributed by atoms with Crippen LogP contribution in [0.3, 0.4) is 0 Å². The molecule has 0 aliphatic heterocycles. The summed E-state index contributed by atoms with van der Waals surface area (Å²) in [7, 11) is 0. The van der Waals surface area contributed by atoms with E-state index in [0.717, 1.165) is 5.56 Å². The molecule has 0 aliphatic carbocycles. The lowest BCUT2D eigenvalue weighted by molar-refractivity contribution is 0.101. The molecule has 1 amide bonds. The molecule has 0 atom stereocenters. The van der Waals surface area contributed by atoms with Crippen molar-refractivity contribution in [1.29, 1.82) is 0 Å². The van der Waals surface area contributed by atoms with Crippen molar-refractivity contribution < 1.29 is 9.32 Å². The first-order valence-corrected chi connectivity index (χ1v) is 6.76. The first-order chi connectivity index (χ1) is 10.6. The number of carbonyl (C=O) groups excluding carboxylic acids is 1. The monoisotopic (exact) mass is 314 g/mol. The lowest BCUT2D eigenvalue weighted by Gasteiger charge is -2.09. The van der Waals surface area contributed by atoms with Gasteiger partial charge in [-0.1, -0.05) is 35.0 Å². The minimum Gasteiger partial charge on any atom is -0.383 e. The van der Waals surface area contributed by atoms with Gasteiger partial charge < -0.3 is 15.6 Å². The lowest BCUT2D eigenvalue weighted by atomic mass is 10.1. The van der Waals surface area contributed by atoms with E-state index in [2.05, 4.69) is 20.0 Å². The van der Waals surface area contributed by atoms with Gasteiger partial charge in [0.1, 0.15) is 17.9 Å². The number of rotatable bonds is 3. The van der Waals surface area contributed by atoms with Gasteiger partial charge in [0.25, 0.3) is 5.91 Å². The Morgan fingerprint density at radius 3 is 2.64 bits per heavy atom. The SMILES string of the molecule is Nc1nc(NC(=O)c2ccon2)ccc1-c1ccccc1Cl. The van der Waals surface area contributed by atoms with Gasteiger partial charge in [-0.2, -0.15) is 0 Å². The summed E-state index contributed by atoms with van der Waals surface area (Å²) in [5.41, 5.74) is 7.60. The number of aromatic nitrogens is 2. The first kappa shape index (κ1) is 14.1. The lowest BCUT2D eigenvalue weighted by Crippen LogP contribution is -2.13. The standard InChI is InChI=1S/C15H11ClN4O2/c16-11-4-2-1-3-9(11)10-5-6-13(18-14(10)17)19-15(21)12-7-8-22-20-12/h1-8H,(H3,17,18,19,21). The van der Waals surface area contributed by atoms with Crippen molar-refractivity contribution in [2.75, 3.05) is 11.1 Å². The topological polar surface area (TPSA) is 94.0 Å². The third-order valence-electron chi connectivity index (χ3n) is 3.00. The predicted molar refractivity (Wildman–Crippen MR) is 83.6 cm³/mol. The van der Waals surface area contributed by atoms with E-state index in [1.807, 2.05) is 18.2 Å². The van der Waals surface area contributed by atoms with Gasteiger partial charge in [0.05, 0.1) is 0 Å². The van der Waals surface area contributed by atoms with E-state index in [1.165, 1.54) is 12.3 Å². The van der Waals surface area contributed by atoms with Crippen molar-refractivity contribution in [2.45, 2.75) is 0 Å². The van der Waals surface area contributed by atoms with Gasteiger partial charge in [-0.25, -0.2) is 4.98 Å². The van der Waals surface area contributed by atoms with E-state index < -0.39 is 5.91 Å². The molecule has 1 aromatic carbocycles. The van der Waals surface area contributed by atoms with Crippen LogP contribution < -0.4 is 11.1 Å². The molecule has 2 aromatic heterocycles. The number of hydrogen-bond acceptors (Lipinski definition) is 5. The normalized spacial score (nSPS) is 10.4.